The van der Waals surface area contributed by atoms with Crippen LogP contribution in [0.15, 0.2) is 12.3 Å². The fourth-order valence-corrected chi connectivity index (χ4v) is 2.69. The third-order valence-corrected chi connectivity index (χ3v) is 3.72. The van der Waals surface area contributed by atoms with Crippen LogP contribution in [0, 0.1) is 6.92 Å². The normalized spacial score (nSPS) is 19.1. The molecule has 1 aliphatic heterocycles. The molecule has 0 bridgehead atoms. The number of aromatic nitrogens is 1. The van der Waals surface area contributed by atoms with Gasteiger partial charge in [-0.15, -0.1) is 11.6 Å². The maximum atomic E-state index is 5.99. The maximum absolute atomic E-state index is 5.99. The van der Waals surface area contributed by atoms with Crippen molar-refractivity contribution < 1.29 is 0 Å². The van der Waals surface area contributed by atoms with Crippen molar-refractivity contribution in [2.24, 2.45) is 0 Å². The van der Waals surface area contributed by atoms with Crippen LogP contribution in [-0.2, 0) is 5.88 Å². The van der Waals surface area contributed by atoms with Gasteiger partial charge in [-0.05, 0) is 39.7 Å². The fourth-order valence-electron chi connectivity index (χ4n) is 2.48. The molecule has 1 fully saturated rings. The lowest BCUT2D eigenvalue weighted by molar-refractivity contribution is 0.517. The molecule has 2 nitrogen and oxygen atoms in total. The molecule has 0 spiro atoms. The SMILES string of the molecule is Cc1cc(N2CCCC2(C)C)c(CCl)cn1. The summed E-state index contributed by atoms with van der Waals surface area (Å²) >= 11 is 5.99. The fraction of sp³-hybridized carbons (Fsp3) is 0.615. The van der Waals surface area contributed by atoms with E-state index in [1.807, 2.05) is 13.1 Å². The average molecular weight is 239 g/mol. The van der Waals surface area contributed by atoms with Gasteiger partial charge in [0.2, 0.25) is 0 Å². The van der Waals surface area contributed by atoms with Gasteiger partial charge in [-0.25, -0.2) is 0 Å². The quantitative estimate of drug-likeness (QED) is 0.733. The van der Waals surface area contributed by atoms with Crippen molar-refractivity contribution >= 4 is 17.3 Å². The molecule has 88 valence electrons. The summed E-state index contributed by atoms with van der Waals surface area (Å²) in [7, 11) is 0. The van der Waals surface area contributed by atoms with Crippen molar-refractivity contribution in [2.45, 2.75) is 45.0 Å². The molecule has 0 aromatic carbocycles. The second-order valence-corrected chi connectivity index (χ2v) is 5.42. The number of alkyl halides is 1. The number of hydrogen-bond acceptors (Lipinski definition) is 2. The van der Waals surface area contributed by atoms with Gasteiger partial charge in [-0.1, -0.05) is 0 Å². The van der Waals surface area contributed by atoms with E-state index < -0.39 is 0 Å². The first-order valence-corrected chi connectivity index (χ1v) is 6.37. The standard InChI is InChI=1S/C13H19ClN2/c1-10-7-12(11(8-14)9-15-10)16-6-4-5-13(16,2)3/h7,9H,4-6,8H2,1-3H3. The van der Waals surface area contributed by atoms with Crippen LogP contribution in [0.4, 0.5) is 5.69 Å². The van der Waals surface area contributed by atoms with Crippen molar-refractivity contribution in [1.29, 1.82) is 0 Å². The minimum absolute atomic E-state index is 0.245. The molecule has 0 saturated carbocycles. The van der Waals surface area contributed by atoms with Crippen molar-refractivity contribution in [1.82, 2.24) is 4.98 Å². The van der Waals surface area contributed by atoms with E-state index in [4.69, 9.17) is 11.6 Å². The van der Waals surface area contributed by atoms with Crippen molar-refractivity contribution in [3.63, 3.8) is 0 Å². The van der Waals surface area contributed by atoms with Crippen LogP contribution in [0.2, 0.25) is 0 Å². The molecule has 0 aliphatic carbocycles. The number of pyridine rings is 1. The molecule has 2 rings (SSSR count). The highest BCUT2D eigenvalue weighted by Crippen LogP contribution is 2.36. The van der Waals surface area contributed by atoms with Crippen LogP contribution >= 0.6 is 11.6 Å². The second-order valence-electron chi connectivity index (χ2n) is 5.16. The van der Waals surface area contributed by atoms with E-state index in [1.165, 1.54) is 18.5 Å². The van der Waals surface area contributed by atoms with Crippen LogP contribution < -0.4 is 4.90 Å². The van der Waals surface area contributed by atoms with Crippen LogP contribution in [0.25, 0.3) is 0 Å². The van der Waals surface area contributed by atoms with E-state index in [0.29, 0.717) is 5.88 Å². The van der Waals surface area contributed by atoms with Gasteiger partial charge in [-0.3, -0.25) is 4.98 Å². The Hall–Kier alpha value is -0.760. The molecule has 16 heavy (non-hydrogen) atoms. The second kappa shape index (κ2) is 4.25. The lowest BCUT2D eigenvalue weighted by atomic mass is 10.0. The highest BCUT2D eigenvalue weighted by atomic mass is 35.5. The van der Waals surface area contributed by atoms with E-state index in [1.54, 1.807) is 0 Å². The average Bonchev–Trinajstić information content (AvgIpc) is 2.58. The smallest absolute Gasteiger partial charge is 0.0509 e. The van der Waals surface area contributed by atoms with Crippen LogP contribution in [0.1, 0.15) is 37.9 Å². The van der Waals surface area contributed by atoms with Gasteiger partial charge in [0.05, 0.1) is 5.88 Å². The molecular weight excluding hydrogens is 220 g/mol. The summed E-state index contributed by atoms with van der Waals surface area (Å²) in [5.74, 6) is 0.537. The van der Waals surface area contributed by atoms with Gasteiger partial charge in [-0.2, -0.15) is 0 Å². The van der Waals surface area contributed by atoms with Gasteiger partial charge in [0, 0.05) is 35.2 Å². The Bertz CT molecular complexity index is 388. The monoisotopic (exact) mass is 238 g/mol. The predicted octanol–water partition coefficient (Wildman–Crippen LogP) is 3.51. The molecule has 1 aromatic rings. The predicted molar refractivity (Wildman–Crippen MR) is 69.2 cm³/mol. The third kappa shape index (κ3) is 2.03. The summed E-state index contributed by atoms with van der Waals surface area (Å²) in [6.45, 7) is 7.76. The van der Waals surface area contributed by atoms with Crippen molar-refractivity contribution in [3.05, 3.63) is 23.5 Å². The Morgan fingerprint density at radius 2 is 2.25 bits per heavy atom. The number of nitrogens with zero attached hydrogens (tertiary/aromatic N) is 2. The van der Waals surface area contributed by atoms with Gasteiger partial charge in [0.25, 0.3) is 0 Å². The number of hydrogen-bond donors (Lipinski definition) is 0. The van der Waals surface area contributed by atoms with E-state index in [0.717, 1.165) is 17.8 Å². The zero-order chi connectivity index (χ0) is 11.8. The molecule has 0 amide bonds. The van der Waals surface area contributed by atoms with Gasteiger partial charge in [0.1, 0.15) is 0 Å². The number of rotatable bonds is 2. The van der Waals surface area contributed by atoms with Crippen LogP contribution in [0.3, 0.4) is 0 Å². The molecule has 0 radical (unpaired) electrons. The highest BCUT2D eigenvalue weighted by Gasteiger charge is 2.33. The van der Waals surface area contributed by atoms with E-state index in [-0.39, 0.29) is 5.54 Å². The summed E-state index contributed by atoms with van der Waals surface area (Å²) in [6, 6.07) is 2.16. The number of anilines is 1. The van der Waals surface area contributed by atoms with Crippen molar-refractivity contribution in [3.8, 4) is 0 Å². The Morgan fingerprint density at radius 1 is 1.50 bits per heavy atom. The molecule has 1 saturated heterocycles. The number of aryl methyl sites for hydroxylation is 1. The van der Waals surface area contributed by atoms with E-state index >= 15 is 0 Å². The first kappa shape index (κ1) is 11.7. The first-order chi connectivity index (χ1) is 7.54. The van der Waals surface area contributed by atoms with E-state index in [9.17, 15) is 0 Å². The maximum Gasteiger partial charge on any atom is 0.0509 e. The first-order valence-electron chi connectivity index (χ1n) is 5.84. The van der Waals surface area contributed by atoms with Gasteiger partial charge in [0.15, 0.2) is 0 Å². The zero-order valence-corrected chi connectivity index (χ0v) is 11.0. The number of halogens is 1. The third-order valence-electron chi connectivity index (χ3n) is 3.43. The van der Waals surface area contributed by atoms with Gasteiger partial charge >= 0.3 is 0 Å². The summed E-state index contributed by atoms with van der Waals surface area (Å²) in [5.41, 5.74) is 3.72. The Morgan fingerprint density at radius 3 is 2.81 bits per heavy atom. The summed E-state index contributed by atoms with van der Waals surface area (Å²) in [6.07, 6.45) is 4.41. The minimum atomic E-state index is 0.245. The molecule has 2 heterocycles. The largest absolute Gasteiger partial charge is 0.366 e. The molecular formula is C13H19ClN2. The lowest BCUT2D eigenvalue weighted by Gasteiger charge is -2.35. The highest BCUT2D eigenvalue weighted by molar-refractivity contribution is 6.17. The zero-order valence-electron chi connectivity index (χ0n) is 10.3. The Kier molecular flexibility index (Phi) is 3.11. The molecule has 0 N–H and O–H groups in total. The van der Waals surface area contributed by atoms with Crippen LogP contribution in [-0.4, -0.2) is 17.1 Å². The van der Waals surface area contributed by atoms with Gasteiger partial charge < -0.3 is 4.90 Å². The van der Waals surface area contributed by atoms with E-state index in [2.05, 4.69) is 29.8 Å². The Balaban J connectivity index is 2.42. The topological polar surface area (TPSA) is 16.1 Å². The Labute approximate surface area is 103 Å². The molecule has 0 unspecified atom stereocenters. The molecule has 1 aromatic heterocycles. The minimum Gasteiger partial charge on any atom is -0.366 e. The molecule has 3 heteroatoms. The molecule has 0 atom stereocenters. The summed E-state index contributed by atoms with van der Waals surface area (Å²) < 4.78 is 0. The van der Waals surface area contributed by atoms with Crippen molar-refractivity contribution in [2.75, 3.05) is 11.4 Å². The van der Waals surface area contributed by atoms with Crippen LogP contribution in [0.5, 0.6) is 0 Å². The summed E-state index contributed by atoms with van der Waals surface area (Å²) in [4.78, 5) is 6.79. The lowest BCUT2D eigenvalue weighted by Crippen LogP contribution is -2.38. The summed E-state index contributed by atoms with van der Waals surface area (Å²) in [5, 5.41) is 0. The molecule has 1 aliphatic rings.